The van der Waals surface area contributed by atoms with Crippen molar-refractivity contribution >= 4 is 11.8 Å². The Balaban J connectivity index is 3.88. The predicted octanol–water partition coefficient (Wildman–Crippen LogP) is 9.06. The van der Waals surface area contributed by atoms with Crippen molar-refractivity contribution in [3.63, 3.8) is 0 Å². The molecule has 0 radical (unpaired) electrons. The molecule has 188 valence electrons. The third kappa shape index (κ3) is 23.2. The maximum absolute atomic E-state index is 9.51. The van der Waals surface area contributed by atoms with Gasteiger partial charge in [-0.05, 0) is 25.7 Å². The molecule has 0 saturated carbocycles. The summed E-state index contributed by atoms with van der Waals surface area (Å²) in [6.07, 6.45) is 29.1. The number of aliphatic hydroxyl groups is 2. The maximum Gasteiger partial charge on any atom is 0.0441 e. The standard InChI is InChI=1S/C28H58O2S/c1-3-5-7-9-11-13-15-17-19-21-27(23-25-29)31-28(24-26-30)22-20-18-16-14-12-10-8-6-4-2/h27-30H,3-26H2,1-2H3. The van der Waals surface area contributed by atoms with E-state index in [1.54, 1.807) is 0 Å². The molecule has 2 atom stereocenters. The fourth-order valence-electron chi connectivity index (χ4n) is 4.49. The van der Waals surface area contributed by atoms with Gasteiger partial charge in [-0.1, -0.05) is 129 Å². The van der Waals surface area contributed by atoms with Crippen LogP contribution in [-0.4, -0.2) is 33.9 Å². The molecule has 2 unspecified atom stereocenters. The van der Waals surface area contributed by atoms with Crippen LogP contribution in [0, 0.1) is 0 Å². The van der Waals surface area contributed by atoms with E-state index in [-0.39, 0.29) is 0 Å². The van der Waals surface area contributed by atoms with Crippen molar-refractivity contribution < 1.29 is 10.2 Å². The van der Waals surface area contributed by atoms with E-state index in [0.717, 1.165) is 12.8 Å². The van der Waals surface area contributed by atoms with Gasteiger partial charge in [0, 0.05) is 23.7 Å². The van der Waals surface area contributed by atoms with Crippen molar-refractivity contribution in [1.29, 1.82) is 0 Å². The summed E-state index contributed by atoms with van der Waals surface area (Å²) in [6.45, 7) is 5.17. The van der Waals surface area contributed by atoms with E-state index in [1.807, 2.05) is 0 Å². The first-order valence-corrected chi connectivity index (χ1v) is 15.1. The van der Waals surface area contributed by atoms with Crippen LogP contribution in [0.3, 0.4) is 0 Å². The van der Waals surface area contributed by atoms with Crippen LogP contribution < -0.4 is 0 Å². The van der Waals surface area contributed by atoms with E-state index in [2.05, 4.69) is 25.6 Å². The molecule has 0 heterocycles. The zero-order valence-corrected chi connectivity index (χ0v) is 22.2. The van der Waals surface area contributed by atoms with Crippen molar-refractivity contribution in [3.8, 4) is 0 Å². The fourth-order valence-corrected chi connectivity index (χ4v) is 6.12. The van der Waals surface area contributed by atoms with E-state index in [4.69, 9.17) is 0 Å². The Morgan fingerprint density at radius 1 is 0.419 bits per heavy atom. The molecule has 0 aromatic rings. The second kappa shape index (κ2) is 26.5. The molecular formula is C28H58O2S. The Morgan fingerprint density at radius 3 is 1.00 bits per heavy atom. The van der Waals surface area contributed by atoms with Gasteiger partial charge in [-0.25, -0.2) is 0 Å². The second-order valence-electron chi connectivity index (χ2n) is 9.64. The molecule has 0 fully saturated rings. The first kappa shape index (κ1) is 31.3. The SMILES string of the molecule is CCCCCCCCCCCC(CCO)SC(CCO)CCCCCCCCCCC. The molecule has 0 aliphatic carbocycles. The Bertz CT molecular complexity index is 294. The van der Waals surface area contributed by atoms with Crippen LogP contribution in [0.1, 0.15) is 155 Å². The van der Waals surface area contributed by atoms with Crippen LogP contribution in [0.5, 0.6) is 0 Å². The molecule has 0 aromatic heterocycles. The van der Waals surface area contributed by atoms with Crippen molar-refractivity contribution in [3.05, 3.63) is 0 Å². The highest BCUT2D eigenvalue weighted by molar-refractivity contribution is 8.00. The van der Waals surface area contributed by atoms with Crippen LogP contribution in [-0.2, 0) is 0 Å². The van der Waals surface area contributed by atoms with Gasteiger partial charge < -0.3 is 10.2 Å². The number of hydrogen-bond acceptors (Lipinski definition) is 3. The zero-order chi connectivity index (χ0) is 22.8. The summed E-state index contributed by atoms with van der Waals surface area (Å²) in [7, 11) is 0. The highest BCUT2D eigenvalue weighted by atomic mass is 32.2. The molecule has 0 bridgehead atoms. The van der Waals surface area contributed by atoms with Gasteiger partial charge in [-0.2, -0.15) is 11.8 Å². The molecule has 31 heavy (non-hydrogen) atoms. The number of thioether (sulfide) groups is 1. The molecule has 2 nitrogen and oxygen atoms in total. The molecule has 0 aliphatic heterocycles. The molecule has 0 aliphatic rings. The van der Waals surface area contributed by atoms with Crippen LogP contribution in [0.15, 0.2) is 0 Å². The Labute approximate surface area is 200 Å². The van der Waals surface area contributed by atoms with Crippen molar-refractivity contribution in [2.24, 2.45) is 0 Å². The summed E-state index contributed by atoms with van der Waals surface area (Å²) in [6, 6.07) is 0. The maximum atomic E-state index is 9.51. The summed E-state index contributed by atoms with van der Waals surface area (Å²) >= 11 is 2.07. The average Bonchev–Trinajstić information content (AvgIpc) is 2.77. The van der Waals surface area contributed by atoms with E-state index < -0.39 is 0 Å². The van der Waals surface area contributed by atoms with Gasteiger partial charge in [0.05, 0.1) is 0 Å². The largest absolute Gasteiger partial charge is 0.396 e. The minimum absolute atomic E-state index is 0.305. The second-order valence-corrected chi connectivity index (χ2v) is 11.2. The molecule has 0 spiro atoms. The van der Waals surface area contributed by atoms with Crippen LogP contribution in [0.2, 0.25) is 0 Å². The highest BCUT2D eigenvalue weighted by Gasteiger charge is 2.16. The van der Waals surface area contributed by atoms with Gasteiger partial charge in [0.1, 0.15) is 0 Å². The lowest BCUT2D eigenvalue weighted by molar-refractivity contribution is 0.281. The summed E-state index contributed by atoms with van der Waals surface area (Å²) in [5.74, 6) is 0. The average molecular weight is 459 g/mol. The summed E-state index contributed by atoms with van der Waals surface area (Å²) in [5, 5.41) is 20.2. The molecule has 0 rings (SSSR count). The number of rotatable bonds is 26. The lowest BCUT2D eigenvalue weighted by atomic mass is 10.0. The van der Waals surface area contributed by atoms with Crippen LogP contribution in [0.25, 0.3) is 0 Å². The zero-order valence-electron chi connectivity index (χ0n) is 21.4. The van der Waals surface area contributed by atoms with E-state index in [0.29, 0.717) is 23.7 Å². The first-order valence-electron chi connectivity index (χ1n) is 14.2. The quantitative estimate of drug-likeness (QED) is 0.127. The third-order valence-electron chi connectivity index (χ3n) is 6.55. The van der Waals surface area contributed by atoms with E-state index >= 15 is 0 Å². The topological polar surface area (TPSA) is 40.5 Å². The van der Waals surface area contributed by atoms with Crippen LogP contribution >= 0.6 is 11.8 Å². The lowest BCUT2D eigenvalue weighted by Gasteiger charge is -2.23. The minimum atomic E-state index is 0.305. The van der Waals surface area contributed by atoms with Gasteiger partial charge >= 0.3 is 0 Å². The number of hydrogen-bond donors (Lipinski definition) is 2. The molecule has 2 N–H and O–H groups in total. The molecule has 0 saturated heterocycles. The van der Waals surface area contributed by atoms with E-state index in [1.165, 1.54) is 128 Å². The monoisotopic (exact) mass is 458 g/mol. The first-order chi connectivity index (χ1) is 15.3. The van der Waals surface area contributed by atoms with Gasteiger partial charge in [-0.15, -0.1) is 0 Å². The summed E-state index contributed by atoms with van der Waals surface area (Å²) < 4.78 is 0. The normalized spacial score (nSPS) is 13.5. The summed E-state index contributed by atoms with van der Waals surface area (Å²) in [5.41, 5.74) is 0. The Hall–Kier alpha value is 0.270. The Kier molecular flexibility index (Phi) is 26.8. The third-order valence-corrected chi connectivity index (χ3v) is 8.26. The van der Waals surface area contributed by atoms with Crippen LogP contribution in [0.4, 0.5) is 0 Å². The van der Waals surface area contributed by atoms with Crippen molar-refractivity contribution in [1.82, 2.24) is 0 Å². The molecular weight excluding hydrogens is 400 g/mol. The van der Waals surface area contributed by atoms with Gasteiger partial charge in [0.15, 0.2) is 0 Å². The summed E-state index contributed by atoms with van der Waals surface area (Å²) in [4.78, 5) is 0. The molecule has 3 heteroatoms. The van der Waals surface area contributed by atoms with Crippen molar-refractivity contribution in [2.75, 3.05) is 13.2 Å². The molecule has 0 amide bonds. The number of unbranched alkanes of at least 4 members (excludes halogenated alkanes) is 16. The molecule has 0 aromatic carbocycles. The predicted molar refractivity (Wildman–Crippen MR) is 142 cm³/mol. The number of aliphatic hydroxyl groups excluding tert-OH is 2. The minimum Gasteiger partial charge on any atom is -0.396 e. The van der Waals surface area contributed by atoms with Gasteiger partial charge in [-0.3, -0.25) is 0 Å². The Morgan fingerprint density at radius 2 is 0.710 bits per heavy atom. The fraction of sp³-hybridized carbons (Fsp3) is 1.00. The van der Waals surface area contributed by atoms with Gasteiger partial charge in [0.25, 0.3) is 0 Å². The van der Waals surface area contributed by atoms with E-state index in [9.17, 15) is 10.2 Å². The lowest BCUT2D eigenvalue weighted by Crippen LogP contribution is -2.14. The highest BCUT2D eigenvalue weighted by Crippen LogP contribution is 2.30. The van der Waals surface area contributed by atoms with Gasteiger partial charge in [0.2, 0.25) is 0 Å². The smallest absolute Gasteiger partial charge is 0.0441 e. The van der Waals surface area contributed by atoms with Crippen molar-refractivity contribution in [2.45, 2.75) is 166 Å².